The van der Waals surface area contributed by atoms with Crippen molar-refractivity contribution in [1.29, 1.82) is 0 Å². The van der Waals surface area contributed by atoms with Gasteiger partial charge in [-0.25, -0.2) is 0 Å². The molecule has 1 unspecified atom stereocenters. The summed E-state index contributed by atoms with van der Waals surface area (Å²) < 4.78 is 5.86. The lowest BCUT2D eigenvalue weighted by Gasteiger charge is -2.17. The monoisotopic (exact) mass is 418 g/mol. The number of nitrogens with one attached hydrogen (secondary N) is 1. The zero-order valence-corrected chi connectivity index (χ0v) is 17.4. The van der Waals surface area contributed by atoms with Gasteiger partial charge in [0.25, 0.3) is 5.91 Å². The van der Waals surface area contributed by atoms with Crippen molar-refractivity contribution in [2.75, 3.05) is 0 Å². The Morgan fingerprint density at radius 1 is 1.00 bits per heavy atom. The summed E-state index contributed by atoms with van der Waals surface area (Å²) in [5.41, 5.74) is 8.68. The molecule has 3 rings (SSSR count). The number of rotatable bonds is 9. The Labute approximate surface area is 181 Å². The van der Waals surface area contributed by atoms with Crippen LogP contribution in [0.15, 0.2) is 72.8 Å². The predicted molar refractivity (Wildman–Crippen MR) is 119 cm³/mol. The summed E-state index contributed by atoms with van der Waals surface area (Å²) in [7, 11) is 0. The molecule has 0 radical (unpaired) electrons. The minimum Gasteiger partial charge on any atom is -0.481 e. The van der Waals surface area contributed by atoms with Crippen LogP contribution < -0.4 is 15.8 Å². The molecular formula is C25H26N2O4. The lowest BCUT2D eigenvalue weighted by atomic mass is 10.0. The van der Waals surface area contributed by atoms with E-state index in [0.717, 1.165) is 11.1 Å². The summed E-state index contributed by atoms with van der Waals surface area (Å²) in [6.07, 6.45) is 0.193. The number of nitrogens with two attached hydrogens (primary N) is 1. The third-order valence-electron chi connectivity index (χ3n) is 4.98. The van der Waals surface area contributed by atoms with Gasteiger partial charge in [0.1, 0.15) is 11.5 Å². The average Bonchev–Trinajstić information content (AvgIpc) is 2.78. The molecule has 0 fully saturated rings. The fraction of sp³-hybridized carbons (Fsp3) is 0.200. The Hall–Kier alpha value is -3.64. The SMILES string of the molecule is CC(NC(=O)c1cc(Oc2ccccc2)ccc1CCC(=O)O)c1ccc(CN)cc1. The van der Waals surface area contributed by atoms with E-state index in [-0.39, 0.29) is 24.8 Å². The van der Waals surface area contributed by atoms with E-state index in [0.29, 0.717) is 29.2 Å². The van der Waals surface area contributed by atoms with Crippen molar-refractivity contribution < 1.29 is 19.4 Å². The van der Waals surface area contributed by atoms with Gasteiger partial charge in [-0.2, -0.15) is 0 Å². The molecule has 0 bridgehead atoms. The first kappa shape index (κ1) is 22.1. The molecule has 0 aliphatic rings. The molecule has 6 heteroatoms. The Bertz CT molecular complexity index is 1030. The van der Waals surface area contributed by atoms with Gasteiger partial charge in [-0.05, 0) is 54.3 Å². The summed E-state index contributed by atoms with van der Waals surface area (Å²) in [4.78, 5) is 24.1. The quantitative estimate of drug-likeness (QED) is 0.477. The van der Waals surface area contributed by atoms with E-state index >= 15 is 0 Å². The van der Waals surface area contributed by atoms with Crippen LogP contribution in [0.5, 0.6) is 11.5 Å². The van der Waals surface area contributed by atoms with Crippen molar-refractivity contribution in [3.8, 4) is 11.5 Å². The molecular weight excluding hydrogens is 392 g/mol. The normalized spacial score (nSPS) is 11.5. The maximum atomic E-state index is 13.1. The molecule has 1 amide bonds. The second kappa shape index (κ2) is 10.4. The van der Waals surface area contributed by atoms with Crippen LogP contribution in [0.25, 0.3) is 0 Å². The molecule has 0 saturated heterocycles. The number of ether oxygens (including phenoxy) is 1. The molecule has 0 aliphatic carbocycles. The third kappa shape index (κ3) is 6.17. The third-order valence-corrected chi connectivity index (χ3v) is 4.98. The highest BCUT2D eigenvalue weighted by molar-refractivity contribution is 5.96. The topological polar surface area (TPSA) is 102 Å². The van der Waals surface area contributed by atoms with Gasteiger partial charge in [0, 0.05) is 18.5 Å². The van der Waals surface area contributed by atoms with Crippen LogP contribution in [0.3, 0.4) is 0 Å². The van der Waals surface area contributed by atoms with E-state index in [4.69, 9.17) is 15.6 Å². The summed E-state index contributed by atoms with van der Waals surface area (Å²) in [5.74, 6) is -0.0329. The van der Waals surface area contributed by atoms with Crippen molar-refractivity contribution in [3.63, 3.8) is 0 Å². The molecule has 0 spiro atoms. The molecule has 3 aromatic rings. The zero-order chi connectivity index (χ0) is 22.2. The Kier molecular flexibility index (Phi) is 7.40. The maximum Gasteiger partial charge on any atom is 0.303 e. The van der Waals surface area contributed by atoms with Crippen LogP contribution in [0, 0.1) is 0 Å². The number of benzene rings is 3. The number of carboxylic acids is 1. The number of para-hydroxylation sites is 1. The van der Waals surface area contributed by atoms with Crippen LogP contribution in [-0.4, -0.2) is 17.0 Å². The molecule has 31 heavy (non-hydrogen) atoms. The fourth-order valence-electron chi connectivity index (χ4n) is 3.21. The Morgan fingerprint density at radius 3 is 2.35 bits per heavy atom. The summed E-state index contributed by atoms with van der Waals surface area (Å²) in [6, 6.07) is 21.9. The number of carboxylic acid groups (broad SMARTS) is 1. The number of carbonyl (C=O) groups is 2. The number of aliphatic carboxylic acids is 1. The lowest BCUT2D eigenvalue weighted by molar-refractivity contribution is -0.136. The highest BCUT2D eigenvalue weighted by Crippen LogP contribution is 2.25. The van der Waals surface area contributed by atoms with Crippen LogP contribution >= 0.6 is 0 Å². The van der Waals surface area contributed by atoms with Gasteiger partial charge in [0.05, 0.1) is 6.04 Å². The fourth-order valence-corrected chi connectivity index (χ4v) is 3.21. The molecule has 6 nitrogen and oxygen atoms in total. The molecule has 1 atom stereocenters. The smallest absolute Gasteiger partial charge is 0.303 e. The minimum atomic E-state index is -0.913. The highest BCUT2D eigenvalue weighted by Gasteiger charge is 2.17. The molecule has 0 saturated carbocycles. The number of hydrogen-bond acceptors (Lipinski definition) is 4. The van der Waals surface area contributed by atoms with E-state index in [1.165, 1.54) is 0 Å². The minimum absolute atomic E-state index is 0.0602. The Balaban J connectivity index is 1.82. The molecule has 3 aromatic carbocycles. The van der Waals surface area contributed by atoms with Crippen LogP contribution in [0.4, 0.5) is 0 Å². The van der Waals surface area contributed by atoms with Gasteiger partial charge < -0.3 is 20.9 Å². The van der Waals surface area contributed by atoms with E-state index in [9.17, 15) is 9.59 Å². The van der Waals surface area contributed by atoms with Gasteiger partial charge in [-0.15, -0.1) is 0 Å². The van der Waals surface area contributed by atoms with Crippen molar-refractivity contribution in [2.45, 2.75) is 32.4 Å². The molecule has 0 heterocycles. The first-order valence-corrected chi connectivity index (χ1v) is 10.1. The van der Waals surface area contributed by atoms with Crippen LogP contribution in [0.2, 0.25) is 0 Å². The molecule has 4 N–H and O–H groups in total. The first-order chi connectivity index (χ1) is 15.0. The summed E-state index contributed by atoms with van der Waals surface area (Å²) >= 11 is 0. The van der Waals surface area contributed by atoms with Gasteiger partial charge in [-0.3, -0.25) is 9.59 Å². The van der Waals surface area contributed by atoms with Crippen molar-refractivity contribution >= 4 is 11.9 Å². The van der Waals surface area contributed by atoms with Crippen molar-refractivity contribution in [1.82, 2.24) is 5.32 Å². The van der Waals surface area contributed by atoms with Crippen molar-refractivity contribution in [2.24, 2.45) is 5.73 Å². The largest absolute Gasteiger partial charge is 0.481 e. The van der Waals surface area contributed by atoms with E-state index < -0.39 is 5.97 Å². The number of carbonyl (C=O) groups excluding carboxylic acids is 1. The van der Waals surface area contributed by atoms with E-state index in [2.05, 4.69) is 5.32 Å². The number of aryl methyl sites for hydroxylation is 1. The second-order valence-corrected chi connectivity index (χ2v) is 7.27. The molecule has 0 aliphatic heterocycles. The summed E-state index contributed by atoms with van der Waals surface area (Å²) in [5, 5.41) is 12.1. The summed E-state index contributed by atoms with van der Waals surface area (Å²) in [6.45, 7) is 2.36. The number of hydrogen-bond donors (Lipinski definition) is 3. The van der Waals surface area contributed by atoms with Gasteiger partial charge >= 0.3 is 5.97 Å². The van der Waals surface area contributed by atoms with E-state index in [1.807, 2.05) is 61.5 Å². The molecule has 160 valence electrons. The Morgan fingerprint density at radius 2 is 1.71 bits per heavy atom. The van der Waals surface area contributed by atoms with E-state index in [1.54, 1.807) is 18.2 Å². The predicted octanol–water partition coefficient (Wildman–Crippen LogP) is 4.45. The number of amides is 1. The zero-order valence-electron chi connectivity index (χ0n) is 17.4. The van der Waals surface area contributed by atoms with Gasteiger partial charge in [0.15, 0.2) is 0 Å². The van der Waals surface area contributed by atoms with Crippen LogP contribution in [-0.2, 0) is 17.8 Å². The standard InChI is InChI=1S/C25H26N2O4/c1-17(19-9-7-18(16-26)8-10-19)27-25(30)23-15-22(31-21-5-3-2-4-6-21)13-11-20(23)12-14-24(28)29/h2-11,13,15,17H,12,14,16,26H2,1H3,(H,27,30)(H,28,29). The first-order valence-electron chi connectivity index (χ1n) is 10.1. The van der Waals surface area contributed by atoms with Crippen LogP contribution in [0.1, 0.15) is 46.4 Å². The van der Waals surface area contributed by atoms with Gasteiger partial charge in [0.2, 0.25) is 0 Å². The second-order valence-electron chi connectivity index (χ2n) is 7.27. The average molecular weight is 418 g/mol. The van der Waals surface area contributed by atoms with Gasteiger partial charge in [-0.1, -0.05) is 48.5 Å². The maximum absolute atomic E-state index is 13.1. The molecule has 0 aromatic heterocycles. The lowest BCUT2D eigenvalue weighted by Crippen LogP contribution is -2.27. The highest BCUT2D eigenvalue weighted by atomic mass is 16.5. The van der Waals surface area contributed by atoms with Crippen molar-refractivity contribution in [3.05, 3.63) is 95.1 Å².